The summed E-state index contributed by atoms with van der Waals surface area (Å²) in [6.07, 6.45) is 3.85. The summed E-state index contributed by atoms with van der Waals surface area (Å²) in [6.45, 7) is 1.80. The molecule has 1 atom stereocenters. The van der Waals surface area contributed by atoms with Crippen LogP contribution in [0.3, 0.4) is 0 Å². The molecule has 3 rings (SSSR count). The molecule has 1 aromatic carbocycles. The van der Waals surface area contributed by atoms with E-state index in [1.165, 1.54) is 6.07 Å². The molecule has 5 nitrogen and oxygen atoms in total. The Morgan fingerprint density at radius 1 is 1.35 bits per heavy atom. The lowest BCUT2D eigenvalue weighted by Gasteiger charge is -2.11. The molecule has 3 aromatic rings. The minimum absolute atomic E-state index is 0.137. The Hall–Kier alpha value is -2.44. The third-order valence-electron chi connectivity index (χ3n) is 3.68. The van der Waals surface area contributed by atoms with Gasteiger partial charge in [0.25, 0.3) is 0 Å². The lowest BCUT2D eigenvalue weighted by Crippen LogP contribution is -2.26. The van der Waals surface area contributed by atoms with Crippen LogP contribution in [0.1, 0.15) is 11.1 Å². The minimum atomic E-state index is -0.467. The Labute approximate surface area is 132 Å². The molecule has 0 unspecified atom stereocenters. The predicted molar refractivity (Wildman–Crippen MR) is 86.1 cm³/mol. The summed E-state index contributed by atoms with van der Waals surface area (Å²) in [5.74, 6) is 0.220. The first-order valence-corrected chi connectivity index (χ1v) is 7.34. The maximum absolute atomic E-state index is 14.3. The Kier molecular flexibility index (Phi) is 4.27. The normalized spacial score (nSPS) is 12.5. The molecule has 23 heavy (non-hydrogen) atoms. The van der Waals surface area contributed by atoms with Crippen LogP contribution in [-0.2, 0) is 6.42 Å². The van der Waals surface area contributed by atoms with Crippen molar-refractivity contribution in [3.63, 3.8) is 0 Å². The highest BCUT2D eigenvalue weighted by Crippen LogP contribution is 2.32. The van der Waals surface area contributed by atoms with Crippen molar-refractivity contribution >= 4 is 11.0 Å². The number of hydrogen-bond donors (Lipinski definition) is 3. The zero-order chi connectivity index (χ0) is 16.4. The van der Waals surface area contributed by atoms with E-state index in [0.29, 0.717) is 23.4 Å². The number of benzene rings is 1. The number of H-pyrrole nitrogens is 1. The lowest BCUT2D eigenvalue weighted by molar-refractivity contribution is 0.265. The molecule has 4 N–H and O–H groups in total. The Morgan fingerprint density at radius 3 is 2.91 bits per heavy atom. The van der Waals surface area contributed by atoms with Crippen LogP contribution < -0.4 is 10.5 Å². The maximum Gasteiger partial charge on any atom is 0.165 e. The van der Waals surface area contributed by atoms with Crippen LogP contribution >= 0.6 is 0 Å². The molecule has 2 aromatic heterocycles. The van der Waals surface area contributed by atoms with Crippen molar-refractivity contribution in [1.29, 1.82) is 0 Å². The van der Waals surface area contributed by atoms with Crippen molar-refractivity contribution in [1.82, 2.24) is 9.97 Å². The van der Waals surface area contributed by atoms with Crippen molar-refractivity contribution in [3.8, 4) is 11.5 Å². The molecule has 6 heteroatoms. The van der Waals surface area contributed by atoms with E-state index >= 15 is 0 Å². The Morgan fingerprint density at radius 2 is 2.17 bits per heavy atom. The number of nitrogens with zero attached hydrogens (tertiary/aromatic N) is 1. The van der Waals surface area contributed by atoms with Crippen LogP contribution in [0, 0.1) is 12.7 Å². The molecule has 0 aliphatic rings. The summed E-state index contributed by atoms with van der Waals surface area (Å²) in [7, 11) is 0. The topological polar surface area (TPSA) is 84.2 Å². The van der Waals surface area contributed by atoms with Gasteiger partial charge in [-0.1, -0.05) is 6.07 Å². The van der Waals surface area contributed by atoms with Gasteiger partial charge in [-0.05, 0) is 42.7 Å². The number of rotatable bonds is 5. The van der Waals surface area contributed by atoms with Gasteiger partial charge in [-0.25, -0.2) is 9.37 Å². The number of aryl methyl sites for hydroxylation is 1. The number of aromatic nitrogens is 2. The van der Waals surface area contributed by atoms with Crippen molar-refractivity contribution in [2.24, 2.45) is 5.73 Å². The van der Waals surface area contributed by atoms with Crippen molar-refractivity contribution in [2.45, 2.75) is 19.4 Å². The number of ether oxygens (including phenoxy) is 1. The quantitative estimate of drug-likeness (QED) is 0.676. The van der Waals surface area contributed by atoms with Crippen molar-refractivity contribution in [2.75, 3.05) is 6.61 Å². The van der Waals surface area contributed by atoms with Gasteiger partial charge in [-0.15, -0.1) is 0 Å². The maximum atomic E-state index is 14.3. The lowest BCUT2D eigenvalue weighted by atomic mass is 10.1. The second-order valence-electron chi connectivity index (χ2n) is 5.52. The molecule has 0 radical (unpaired) electrons. The second kappa shape index (κ2) is 6.36. The molecule has 0 bridgehead atoms. The highest BCUT2D eigenvalue weighted by Gasteiger charge is 2.12. The SMILES string of the molecule is Cc1c[nH]c2nccc(Oc3ccc(C[C@H](N)CO)cc3F)c12. The average molecular weight is 315 g/mol. The van der Waals surface area contributed by atoms with Crippen LogP contribution in [0.15, 0.2) is 36.7 Å². The van der Waals surface area contributed by atoms with Crippen molar-refractivity contribution < 1.29 is 14.2 Å². The third kappa shape index (κ3) is 3.18. The molecule has 0 fully saturated rings. The molecular formula is C17H18FN3O2. The van der Waals surface area contributed by atoms with Gasteiger partial charge in [0.05, 0.1) is 12.0 Å². The zero-order valence-corrected chi connectivity index (χ0v) is 12.7. The van der Waals surface area contributed by atoms with Gasteiger partial charge in [-0.2, -0.15) is 0 Å². The van der Waals surface area contributed by atoms with Crippen LogP contribution in [0.4, 0.5) is 4.39 Å². The summed E-state index contributed by atoms with van der Waals surface area (Å²) in [5, 5.41) is 9.80. The Bertz CT molecular complexity index is 832. The molecule has 0 saturated heterocycles. The highest BCUT2D eigenvalue weighted by atomic mass is 19.1. The number of halogens is 1. The number of fused-ring (bicyclic) bond motifs is 1. The largest absolute Gasteiger partial charge is 0.453 e. The number of aliphatic hydroxyl groups excluding tert-OH is 1. The standard InChI is InChI=1S/C17H18FN3O2/c1-10-8-21-17-16(10)15(4-5-20-17)23-14-3-2-11(7-13(14)18)6-12(19)9-22/h2-5,7-8,12,22H,6,9,19H2,1H3,(H,20,21)/t12-/m0/s1. The average Bonchev–Trinajstić information content (AvgIpc) is 2.92. The second-order valence-corrected chi connectivity index (χ2v) is 5.52. The van der Waals surface area contributed by atoms with Gasteiger partial charge in [0.2, 0.25) is 0 Å². The molecule has 0 aliphatic carbocycles. The van der Waals surface area contributed by atoms with Gasteiger partial charge in [-0.3, -0.25) is 0 Å². The zero-order valence-electron chi connectivity index (χ0n) is 12.7. The van der Waals surface area contributed by atoms with E-state index in [4.69, 9.17) is 15.6 Å². The van der Waals surface area contributed by atoms with E-state index in [9.17, 15) is 4.39 Å². The number of nitrogens with two attached hydrogens (primary N) is 1. The number of aliphatic hydroxyl groups is 1. The van der Waals surface area contributed by atoms with E-state index in [1.54, 1.807) is 24.4 Å². The molecule has 2 heterocycles. The van der Waals surface area contributed by atoms with Gasteiger partial charge < -0.3 is 20.6 Å². The van der Waals surface area contributed by atoms with Crippen LogP contribution in [0.2, 0.25) is 0 Å². The number of nitrogens with one attached hydrogen (secondary N) is 1. The van der Waals surface area contributed by atoms with E-state index < -0.39 is 11.9 Å². The van der Waals surface area contributed by atoms with Crippen LogP contribution in [-0.4, -0.2) is 27.7 Å². The number of aromatic amines is 1. The van der Waals surface area contributed by atoms with E-state index in [1.807, 2.05) is 13.1 Å². The van der Waals surface area contributed by atoms with Gasteiger partial charge in [0.1, 0.15) is 11.4 Å². The molecular weight excluding hydrogens is 297 g/mol. The summed E-state index contributed by atoms with van der Waals surface area (Å²) in [6, 6.07) is 6.01. The molecule has 0 spiro atoms. The Balaban J connectivity index is 1.89. The molecule has 120 valence electrons. The smallest absolute Gasteiger partial charge is 0.165 e. The predicted octanol–water partition coefficient (Wildman–Crippen LogP) is 2.66. The van der Waals surface area contributed by atoms with Crippen molar-refractivity contribution in [3.05, 3.63) is 53.6 Å². The number of pyridine rings is 1. The molecule has 0 aliphatic heterocycles. The highest BCUT2D eigenvalue weighted by molar-refractivity contribution is 5.86. The number of hydrogen-bond acceptors (Lipinski definition) is 4. The first-order valence-electron chi connectivity index (χ1n) is 7.34. The summed E-state index contributed by atoms with van der Waals surface area (Å²) < 4.78 is 20.0. The van der Waals surface area contributed by atoms with E-state index in [0.717, 1.165) is 10.9 Å². The fourth-order valence-electron chi connectivity index (χ4n) is 2.51. The minimum Gasteiger partial charge on any atom is -0.453 e. The van der Waals surface area contributed by atoms with Gasteiger partial charge in [0, 0.05) is 18.4 Å². The van der Waals surface area contributed by atoms with E-state index in [2.05, 4.69) is 9.97 Å². The fraction of sp³-hybridized carbons (Fsp3) is 0.235. The summed E-state index contributed by atoms with van der Waals surface area (Å²) in [5.41, 5.74) is 8.07. The molecule has 0 saturated carbocycles. The van der Waals surface area contributed by atoms with Crippen LogP contribution in [0.5, 0.6) is 11.5 Å². The van der Waals surface area contributed by atoms with Crippen LogP contribution in [0.25, 0.3) is 11.0 Å². The summed E-state index contributed by atoms with van der Waals surface area (Å²) in [4.78, 5) is 7.26. The first kappa shape index (κ1) is 15.5. The third-order valence-corrected chi connectivity index (χ3v) is 3.68. The first-order chi connectivity index (χ1) is 11.1. The summed E-state index contributed by atoms with van der Waals surface area (Å²) >= 11 is 0. The van der Waals surface area contributed by atoms with E-state index in [-0.39, 0.29) is 12.4 Å². The fourth-order valence-corrected chi connectivity index (χ4v) is 2.51. The van der Waals surface area contributed by atoms with Gasteiger partial charge in [0.15, 0.2) is 11.6 Å². The molecule has 0 amide bonds. The van der Waals surface area contributed by atoms with Gasteiger partial charge >= 0.3 is 0 Å². The monoisotopic (exact) mass is 315 g/mol.